The van der Waals surface area contributed by atoms with Crippen LogP contribution in [0.2, 0.25) is 0 Å². The fraction of sp³-hybridized carbons (Fsp3) is 1.00. The largest absolute Gasteiger partial charge is 0.333 e. The van der Waals surface area contributed by atoms with Crippen molar-refractivity contribution in [2.75, 3.05) is 40.7 Å². The molecule has 12 heavy (non-hydrogen) atoms. The molecule has 0 aromatic rings. The first-order valence-electron chi connectivity index (χ1n) is 3.94. The quantitative estimate of drug-likeness (QED) is 0.544. The van der Waals surface area contributed by atoms with E-state index in [9.17, 15) is 8.42 Å². The van der Waals surface area contributed by atoms with Gasteiger partial charge in [0.05, 0.1) is 28.2 Å². The maximum absolute atomic E-state index is 9.63. The summed E-state index contributed by atoms with van der Waals surface area (Å²) in [5.41, 5.74) is 0. The minimum atomic E-state index is -2.67. The van der Waals surface area contributed by atoms with Crippen molar-refractivity contribution in [1.29, 1.82) is 0 Å². The Bertz CT molecular complexity index is 152. The minimum absolute atomic E-state index is 1.00. The Morgan fingerprint density at radius 3 is 0.833 bits per heavy atom. The van der Waals surface area contributed by atoms with Crippen molar-refractivity contribution >= 4 is 9.84 Å². The Balaban J connectivity index is -0.000000112. The van der Waals surface area contributed by atoms with Crippen molar-refractivity contribution in [2.45, 2.75) is 13.8 Å². The summed E-state index contributed by atoms with van der Waals surface area (Å²) in [6.07, 6.45) is 2.32. The van der Waals surface area contributed by atoms with Gasteiger partial charge in [0.1, 0.15) is 9.84 Å². The molecular weight excluding hydrogens is 174 g/mol. The van der Waals surface area contributed by atoms with Crippen LogP contribution in [0.15, 0.2) is 0 Å². The molecule has 0 radical (unpaired) electrons. The Labute approximate surface area is 77.9 Å². The number of rotatable bonds is 0. The number of nitrogens with zero attached hydrogens (tertiary/aromatic N) is 1. The van der Waals surface area contributed by atoms with Gasteiger partial charge in [-0.25, -0.2) is 8.42 Å². The second-order valence-corrected chi connectivity index (χ2v) is 6.11. The van der Waals surface area contributed by atoms with Gasteiger partial charge >= 0.3 is 0 Å². The lowest BCUT2D eigenvalue weighted by atomic mass is 10.8. The molecule has 0 saturated heterocycles. The maximum Gasteiger partial charge on any atom is 0.144 e. The predicted molar refractivity (Wildman–Crippen MR) is 56.1 cm³/mol. The minimum Gasteiger partial charge on any atom is -0.333 e. The highest BCUT2D eigenvalue weighted by Crippen LogP contribution is 1.73. The number of hydrogen-bond donors (Lipinski definition) is 0. The van der Waals surface area contributed by atoms with Crippen molar-refractivity contribution in [3.63, 3.8) is 0 Å². The summed E-state index contributed by atoms with van der Waals surface area (Å²) < 4.78 is 20.3. The van der Waals surface area contributed by atoms with Gasteiger partial charge in [-0.2, -0.15) is 0 Å². The highest BCUT2D eigenvalue weighted by Gasteiger charge is 1.88. The molecule has 0 bridgehead atoms. The Morgan fingerprint density at radius 1 is 0.833 bits per heavy atom. The fourth-order valence-corrected chi connectivity index (χ4v) is 0. The molecule has 0 atom stereocenters. The normalized spacial score (nSPS) is 10.3. The van der Waals surface area contributed by atoms with E-state index in [0.717, 1.165) is 17.0 Å². The molecule has 0 amide bonds. The third-order valence-corrected chi connectivity index (χ3v) is 0. The highest BCUT2D eigenvalue weighted by molar-refractivity contribution is 7.89. The zero-order valence-corrected chi connectivity index (χ0v) is 10.5. The van der Waals surface area contributed by atoms with Crippen LogP contribution in [0.3, 0.4) is 0 Å². The fourth-order valence-electron chi connectivity index (χ4n) is 0. The second-order valence-electron chi connectivity index (χ2n) is 3.83. The van der Waals surface area contributed by atoms with E-state index >= 15 is 0 Å². The van der Waals surface area contributed by atoms with E-state index in [1.165, 1.54) is 0 Å². The summed E-state index contributed by atoms with van der Waals surface area (Å²) in [6, 6.07) is 0. The predicted octanol–water partition coefficient (Wildman–Crippen LogP) is 1.01. The van der Waals surface area contributed by atoms with E-state index in [1.807, 2.05) is 13.8 Å². The maximum atomic E-state index is 9.63. The third kappa shape index (κ3) is 97100. The van der Waals surface area contributed by atoms with Crippen LogP contribution in [0.1, 0.15) is 13.8 Å². The van der Waals surface area contributed by atoms with E-state index in [1.54, 1.807) is 0 Å². The number of sulfone groups is 1. The Kier molecular flexibility index (Phi) is 11.2. The molecule has 0 aliphatic heterocycles. The van der Waals surface area contributed by atoms with E-state index in [4.69, 9.17) is 0 Å². The average Bonchev–Trinajstić information content (AvgIpc) is 1.59. The van der Waals surface area contributed by atoms with Gasteiger partial charge in [0, 0.05) is 12.5 Å². The van der Waals surface area contributed by atoms with Crippen LogP contribution in [0, 0.1) is 0 Å². The molecule has 0 fully saturated rings. The van der Waals surface area contributed by atoms with Gasteiger partial charge in [-0.05, 0) is 0 Å². The molecule has 0 saturated carbocycles. The van der Waals surface area contributed by atoms with Crippen molar-refractivity contribution < 1.29 is 12.9 Å². The molecule has 0 aliphatic rings. The molecule has 0 aromatic heterocycles. The van der Waals surface area contributed by atoms with E-state index in [2.05, 4.69) is 28.2 Å². The first kappa shape index (κ1) is 17.9. The molecule has 3 nitrogen and oxygen atoms in total. The molecular formula is C8H24NO2S+. The number of hydrogen-bond acceptors (Lipinski definition) is 2. The van der Waals surface area contributed by atoms with Crippen LogP contribution < -0.4 is 0 Å². The topological polar surface area (TPSA) is 34.1 Å². The lowest BCUT2D eigenvalue weighted by Crippen LogP contribution is -2.27. The standard InChI is InChI=1S/C4H12N.C2H6O2S.C2H6/c2*1-5(2,3)4;1-2/h1-4H3;1-2H3;1-2H3/q+1;;. The van der Waals surface area contributed by atoms with Gasteiger partial charge in [0.2, 0.25) is 0 Å². The van der Waals surface area contributed by atoms with Gasteiger partial charge in [0.15, 0.2) is 0 Å². The van der Waals surface area contributed by atoms with E-state index in [0.29, 0.717) is 0 Å². The summed E-state index contributed by atoms with van der Waals surface area (Å²) in [4.78, 5) is 0. The summed E-state index contributed by atoms with van der Waals surface area (Å²) in [5, 5.41) is 0. The lowest BCUT2D eigenvalue weighted by Gasteiger charge is -2.14. The molecule has 0 N–H and O–H groups in total. The van der Waals surface area contributed by atoms with Crippen LogP contribution in [0.5, 0.6) is 0 Å². The first-order valence-corrected chi connectivity index (χ1v) is 6.24. The van der Waals surface area contributed by atoms with Gasteiger partial charge in [0.25, 0.3) is 0 Å². The molecule has 0 heterocycles. The molecule has 0 spiro atoms. The van der Waals surface area contributed by atoms with Crippen LogP contribution in [0.4, 0.5) is 0 Å². The van der Waals surface area contributed by atoms with Crippen molar-refractivity contribution in [1.82, 2.24) is 0 Å². The molecule has 0 unspecified atom stereocenters. The van der Waals surface area contributed by atoms with Crippen molar-refractivity contribution in [3.05, 3.63) is 0 Å². The van der Waals surface area contributed by atoms with Crippen molar-refractivity contribution in [3.8, 4) is 0 Å². The molecule has 0 rings (SSSR count). The third-order valence-electron chi connectivity index (χ3n) is 0. The lowest BCUT2D eigenvalue weighted by molar-refractivity contribution is -0.849. The second kappa shape index (κ2) is 7.55. The zero-order chi connectivity index (χ0) is 11.0. The molecule has 0 aliphatic carbocycles. The van der Waals surface area contributed by atoms with Gasteiger partial charge < -0.3 is 4.48 Å². The SMILES string of the molecule is CC.CS(C)(=O)=O.C[N+](C)(C)C. The van der Waals surface area contributed by atoms with E-state index < -0.39 is 9.84 Å². The van der Waals surface area contributed by atoms with Gasteiger partial charge in [-0.1, -0.05) is 13.8 Å². The van der Waals surface area contributed by atoms with Crippen LogP contribution in [-0.4, -0.2) is 53.6 Å². The van der Waals surface area contributed by atoms with Crippen LogP contribution in [0.25, 0.3) is 0 Å². The van der Waals surface area contributed by atoms with Crippen molar-refractivity contribution in [2.24, 2.45) is 0 Å². The summed E-state index contributed by atoms with van der Waals surface area (Å²) in [7, 11) is 5.83. The van der Waals surface area contributed by atoms with Gasteiger partial charge in [-0.3, -0.25) is 0 Å². The monoisotopic (exact) mass is 198 g/mol. The summed E-state index contributed by atoms with van der Waals surface area (Å²) >= 11 is 0. The number of quaternary nitrogens is 1. The van der Waals surface area contributed by atoms with Crippen LogP contribution >= 0.6 is 0 Å². The molecule has 4 heteroatoms. The molecule has 78 valence electrons. The van der Waals surface area contributed by atoms with Gasteiger partial charge in [-0.15, -0.1) is 0 Å². The average molecular weight is 198 g/mol. The zero-order valence-electron chi connectivity index (χ0n) is 9.67. The Hall–Kier alpha value is -0.0900. The molecule has 0 aromatic carbocycles. The van der Waals surface area contributed by atoms with E-state index in [-0.39, 0.29) is 0 Å². The smallest absolute Gasteiger partial charge is 0.144 e. The summed E-state index contributed by atoms with van der Waals surface area (Å²) in [6.45, 7) is 4.00. The first-order chi connectivity index (χ1) is 5.00. The summed E-state index contributed by atoms with van der Waals surface area (Å²) in [5.74, 6) is 0. The highest BCUT2D eigenvalue weighted by atomic mass is 32.2. The Morgan fingerprint density at radius 2 is 0.833 bits per heavy atom. The van der Waals surface area contributed by atoms with Crippen LogP contribution in [-0.2, 0) is 9.84 Å².